The maximum Gasteiger partial charge on any atom is 0.314 e. The molecule has 9 nitrogen and oxygen atoms in total. The quantitative estimate of drug-likeness (QED) is 0.542. The monoisotopic (exact) mass is 400 g/mol. The largest absolute Gasteiger partial charge is 0.379 e. The van der Waals surface area contributed by atoms with Crippen LogP contribution in [0, 0.1) is 0 Å². The smallest absolute Gasteiger partial charge is 0.314 e. The summed E-state index contributed by atoms with van der Waals surface area (Å²) < 4.78 is 30.7. The molecule has 0 bridgehead atoms. The highest BCUT2D eigenvalue weighted by Gasteiger charge is 2.35. The maximum atomic E-state index is 12.3. The molecule has 1 aliphatic heterocycles. The first kappa shape index (κ1) is 21.4. The van der Waals surface area contributed by atoms with Crippen LogP contribution >= 0.6 is 0 Å². The molecule has 27 heavy (non-hydrogen) atoms. The fourth-order valence-corrected chi connectivity index (χ4v) is 4.19. The molecule has 0 unspecified atom stereocenters. The predicted octanol–water partition coefficient (Wildman–Crippen LogP) is 0.936. The summed E-state index contributed by atoms with van der Waals surface area (Å²) >= 11 is 0. The van der Waals surface area contributed by atoms with Crippen molar-refractivity contribution in [3.63, 3.8) is 0 Å². The molecule has 2 N–H and O–H groups in total. The molecule has 0 saturated heterocycles. The van der Waals surface area contributed by atoms with Crippen molar-refractivity contribution in [2.45, 2.75) is 64.2 Å². The first-order valence-electron chi connectivity index (χ1n) is 8.93. The lowest BCUT2D eigenvalue weighted by atomic mass is 10.1. The van der Waals surface area contributed by atoms with Crippen LogP contribution < -0.4 is 10.6 Å². The van der Waals surface area contributed by atoms with Crippen molar-refractivity contribution < 1.29 is 22.7 Å². The molecule has 10 heteroatoms. The summed E-state index contributed by atoms with van der Waals surface area (Å²) in [6, 6.07) is 0. The van der Waals surface area contributed by atoms with E-state index in [1.165, 1.54) is 0 Å². The van der Waals surface area contributed by atoms with Crippen molar-refractivity contribution in [1.82, 2.24) is 15.1 Å². The van der Waals surface area contributed by atoms with Crippen LogP contribution in [0.1, 0.15) is 52.3 Å². The number of amides is 2. The number of fused-ring (bicyclic) bond motifs is 1. The van der Waals surface area contributed by atoms with E-state index in [9.17, 15) is 18.0 Å². The zero-order chi connectivity index (χ0) is 20.4. The van der Waals surface area contributed by atoms with Crippen molar-refractivity contribution in [1.29, 1.82) is 0 Å². The van der Waals surface area contributed by atoms with Gasteiger partial charge in [-0.2, -0.15) is 5.10 Å². The third-order valence-electron chi connectivity index (χ3n) is 3.92. The van der Waals surface area contributed by atoms with E-state index in [0.29, 0.717) is 30.8 Å². The zero-order valence-corrected chi connectivity index (χ0v) is 17.3. The van der Waals surface area contributed by atoms with E-state index < -0.39 is 27.2 Å². The number of ether oxygens (including phenoxy) is 1. The molecular weight excluding hydrogens is 372 g/mol. The Balaban J connectivity index is 2.06. The SMILES string of the molecule is CC(C)OCCCNC(=O)C(=O)Nc1c2c(nn1C(C)(C)C)CS(=O)(=O)C2. The average Bonchev–Trinajstić information content (AvgIpc) is 2.99. The summed E-state index contributed by atoms with van der Waals surface area (Å²) in [5.74, 6) is -1.71. The van der Waals surface area contributed by atoms with E-state index in [1.54, 1.807) is 4.68 Å². The standard InChI is InChI=1S/C17H28N4O5S/c1-11(2)26-8-6-7-18-15(22)16(23)19-14-12-9-27(24,25)10-13(12)20-21(14)17(3,4)5/h11H,6-10H2,1-5H3,(H,18,22)(H,19,23). The van der Waals surface area contributed by atoms with Crippen LogP contribution in [0.2, 0.25) is 0 Å². The third kappa shape index (κ3) is 5.52. The predicted molar refractivity (Wildman–Crippen MR) is 101 cm³/mol. The molecule has 2 amide bonds. The van der Waals surface area contributed by atoms with Gasteiger partial charge in [0.1, 0.15) is 5.82 Å². The second kappa shape index (κ2) is 7.97. The molecule has 152 valence electrons. The van der Waals surface area contributed by atoms with Crippen molar-refractivity contribution in [2.24, 2.45) is 0 Å². The van der Waals surface area contributed by atoms with Gasteiger partial charge in [-0.25, -0.2) is 13.1 Å². The first-order valence-corrected chi connectivity index (χ1v) is 10.8. The Morgan fingerprint density at radius 1 is 1.22 bits per heavy atom. The van der Waals surface area contributed by atoms with Gasteiger partial charge in [-0.05, 0) is 41.0 Å². The number of carbonyl (C=O) groups is 2. The van der Waals surface area contributed by atoms with Gasteiger partial charge < -0.3 is 15.4 Å². The third-order valence-corrected chi connectivity index (χ3v) is 5.36. The van der Waals surface area contributed by atoms with E-state index >= 15 is 0 Å². The van der Waals surface area contributed by atoms with E-state index in [2.05, 4.69) is 15.7 Å². The highest BCUT2D eigenvalue weighted by Crippen LogP contribution is 2.34. The second-order valence-corrected chi connectivity index (χ2v) is 9.94. The summed E-state index contributed by atoms with van der Waals surface area (Å²) in [5.41, 5.74) is 0.393. The van der Waals surface area contributed by atoms with Gasteiger partial charge in [-0.15, -0.1) is 0 Å². The maximum absolute atomic E-state index is 12.3. The van der Waals surface area contributed by atoms with Gasteiger partial charge in [-0.1, -0.05) is 0 Å². The molecule has 1 aromatic heterocycles. The van der Waals surface area contributed by atoms with Crippen LogP contribution in [0.3, 0.4) is 0 Å². The van der Waals surface area contributed by atoms with Crippen LogP contribution in [-0.4, -0.2) is 49.3 Å². The Morgan fingerprint density at radius 2 is 1.89 bits per heavy atom. The number of aromatic nitrogens is 2. The molecule has 1 aromatic rings. The number of carbonyl (C=O) groups excluding carboxylic acids is 2. The van der Waals surface area contributed by atoms with Gasteiger partial charge in [0.2, 0.25) is 0 Å². The molecule has 0 spiro atoms. The number of sulfone groups is 1. The van der Waals surface area contributed by atoms with Crippen LogP contribution in [0.15, 0.2) is 0 Å². The number of anilines is 1. The number of hydrogen-bond donors (Lipinski definition) is 2. The van der Waals surface area contributed by atoms with Crippen molar-refractivity contribution in [3.05, 3.63) is 11.3 Å². The molecule has 0 radical (unpaired) electrons. The fourth-order valence-electron chi connectivity index (χ4n) is 2.69. The number of nitrogens with zero attached hydrogens (tertiary/aromatic N) is 2. The van der Waals surface area contributed by atoms with Gasteiger partial charge in [-0.3, -0.25) is 9.59 Å². The highest BCUT2D eigenvalue weighted by molar-refractivity contribution is 7.90. The Kier molecular flexibility index (Phi) is 6.31. The Hall–Kier alpha value is -1.94. The van der Waals surface area contributed by atoms with Crippen LogP contribution in [-0.2, 0) is 41.2 Å². The van der Waals surface area contributed by atoms with Crippen molar-refractivity contribution in [2.75, 3.05) is 18.5 Å². The fraction of sp³-hybridized carbons (Fsp3) is 0.706. The van der Waals surface area contributed by atoms with E-state index in [0.717, 1.165) is 0 Å². The molecule has 0 saturated carbocycles. The zero-order valence-electron chi connectivity index (χ0n) is 16.5. The Bertz CT molecular complexity index is 821. The first-order chi connectivity index (χ1) is 12.4. The lowest BCUT2D eigenvalue weighted by molar-refractivity contribution is -0.136. The van der Waals surface area contributed by atoms with Crippen LogP contribution in [0.4, 0.5) is 5.82 Å². The lowest BCUT2D eigenvalue weighted by Crippen LogP contribution is -2.38. The van der Waals surface area contributed by atoms with Gasteiger partial charge in [0, 0.05) is 18.7 Å². The Labute approximate surface area is 159 Å². The van der Waals surface area contributed by atoms with E-state index in [4.69, 9.17) is 4.74 Å². The molecule has 0 fully saturated rings. The summed E-state index contributed by atoms with van der Waals surface area (Å²) in [6.07, 6.45) is 0.699. The normalized spacial score (nSPS) is 15.6. The highest BCUT2D eigenvalue weighted by atomic mass is 32.2. The molecule has 2 rings (SSSR count). The summed E-state index contributed by atoms with van der Waals surface area (Å²) in [5, 5.41) is 9.43. The number of nitrogens with one attached hydrogen (secondary N) is 2. The average molecular weight is 401 g/mol. The molecule has 2 heterocycles. The summed E-state index contributed by atoms with van der Waals surface area (Å²) in [7, 11) is -3.27. The minimum atomic E-state index is -3.27. The second-order valence-electron chi connectivity index (χ2n) is 7.87. The van der Waals surface area contributed by atoms with Crippen LogP contribution in [0.25, 0.3) is 0 Å². The number of rotatable bonds is 6. The number of hydrogen-bond acceptors (Lipinski definition) is 6. The lowest BCUT2D eigenvalue weighted by Gasteiger charge is -2.23. The van der Waals surface area contributed by atoms with Gasteiger partial charge in [0.15, 0.2) is 9.84 Å². The van der Waals surface area contributed by atoms with Crippen LogP contribution in [0.5, 0.6) is 0 Å². The van der Waals surface area contributed by atoms with E-state index in [1.807, 2.05) is 34.6 Å². The van der Waals surface area contributed by atoms with Gasteiger partial charge in [0.25, 0.3) is 0 Å². The van der Waals surface area contributed by atoms with Gasteiger partial charge >= 0.3 is 11.8 Å². The topological polar surface area (TPSA) is 119 Å². The molecule has 0 aliphatic carbocycles. The summed E-state index contributed by atoms with van der Waals surface area (Å²) in [6.45, 7) is 10.3. The summed E-state index contributed by atoms with van der Waals surface area (Å²) in [4.78, 5) is 24.3. The minimum absolute atomic E-state index is 0.111. The molecule has 0 aromatic carbocycles. The minimum Gasteiger partial charge on any atom is -0.379 e. The Morgan fingerprint density at radius 3 is 2.48 bits per heavy atom. The van der Waals surface area contributed by atoms with Crippen molar-refractivity contribution in [3.8, 4) is 0 Å². The van der Waals surface area contributed by atoms with Gasteiger partial charge in [0.05, 0.1) is 28.8 Å². The van der Waals surface area contributed by atoms with E-state index in [-0.39, 0.29) is 23.4 Å². The van der Waals surface area contributed by atoms with Crippen molar-refractivity contribution >= 4 is 27.5 Å². The molecular formula is C17H28N4O5S. The molecule has 1 aliphatic rings. The molecule has 0 atom stereocenters.